The largest absolute Gasteiger partial charge is 0.497 e. The van der Waals surface area contributed by atoms with Crippen molar-refractivity contribution in [3.63, 3.8) is 0 Å². The first-order valence-electron chi connectivity index (χ1n) is 17.1. The van der Waals surface area contributed by atoms with E-state index in [0.717, 1.165) is 21.9 Å². The normalized spacial score (nSPS) is 15.8. The smallest absolute Gasteiger partial charge is 0.254 e. The fraction of sp³-hybridized carbons (Fsp3) is 0.238. The summed E-state index contributed by atoms with van der Waals surface area (Å²) >= 11 is 0. The lowest BCUT2D eigenvalue weighted by Crippen LogP contribution is -2.59. The van der Waals surface area contributed by atoms with Gasteiger partial charge in [0.2, 0.25) is 0 Å². The second kappa shape index (κ2) is 14.2. The zero-order valence-corrected chi connectivity index (χ0v) is 30.0. The molecular weight excluding hydrogens is 656 g/mol. The molecule has 3 heterocycles. The second-order valence-corrected chi connectivity index (χ2v) is 12.9. The molecule has 1 fully saturated rings. The Kier molecular flexibility index (Phi) is 9.38. The van der Waals surface area contributed by atoms with Crippen LogP contribution in [0.25, 0.3) is 44.3 Å². The molecule has 0 bridgehead atoms. The fourth-order valence-electron chi connectivity index (χ4n) is 7.00. The Morgan fingerprint density at radius 2 is 0.962 bits per heavy atom. The SMILES string of the molecule is COc1ccc(-c2cc(C(=O)N3CC(C)N(C(=O)c4cc(-c5ccc(OC)cc5OC)nc5ccccc45)CC3C)c3ccccc3n2)c(OC)c1. The van der Waals surface area contributed by atoms with Crippen LogP contribution in [0, 0.1) is 0 Å². The number of pyridine rings is 2. The molecule has 0 saturated carbocycles. The van der Waals surface area contributed by atoms with Crippen LogP contribution in [0.3, 0.4) is 0 Å². The van der Waals surface area contributed by atoms with E-state index in [1.54, 1.807) is 40.6 Å². The van der Waals surface area contributed by atoms with Gasteiger partial charge in [-0.1, -0.05) is 36.4 Å². The number of amides is 2. The topological polar surface area (TPSA) is 103 Å². The molecule has 0 N–H and O–H groups in total. The Balaban J connectivity index is 1.22. The molecule has 10 heteroatoms. The molecule has 6 aromatic rings. The first-order chi connectivity index (χ1) is 25.2. The molecule has 2 aromatic heterocycles. The Hall–Kier alpha value is -6.16. The third kappa shape index (κ3) is 6.21. The van der Waals surface area contributed by atoms with Gasteiger partial charge in [0.15, 0.2) is 0 Å². The zero-order chi connectivity index (χ0) is 36.5. The number of hydrogen-bond acceptors (Lipinski definition) is 8. The molecule has 7 rings (SSSR count). The van der Waals surface area contributed by atoms with Gasteiger partial charge in [-0.25, -0.2) is 9.97 Å². The van der Waals surface area contributed by atoms with Crippen molar-refractivity contribution in [2.45, 2.75) is 25.9 Å². The van der Waals surface area contributed by atoms with E-state index < -0.39 is 0 Å². The summed E-state index contributed by atoms with van der Waals surface area (Å²) in [6.07, 6.45) is 0. The number of rotatable bonds is 8. The number of nitrogens with zero attached hydrogens (tertiary/aromatic N) is 4. The highest BCUT2D eigenvalue weighted by atomic mass is 16.5. The zero-order valence-electron chi connectivity index (χ0n) is 30.0. The molecule has 1 aliphatic heterocycles. The fourth-order valence-corrected chi connectivity index (χ4v) is 7.00. The van der Waals surface area contributed by atoms with E-state index in [9.17, 15) is 9.59 Å². The molecule has 10 nitrogen and oxygen atoms in total. The molecule has 4 aromatic carbocycles. The second-order valence-electron chi connectivity index (χ2n) is 12.9. The molecule has 2 unspecified atom stereocenters. The van der Waals surface area contributed by atoms with E-state index in [1.165, 1.54) is 0 Å². The van der Waals surface area contributed by atoms with Gasteiger partial charge in [-0.2, -0.15) is 0 Å². The van der Waals surface area contributed by atoms with Crippen LogP contribution in [0.5, 0.6) is 23.0 Å². The highest BCUT2D eigenvalue weighted by Crippen LogP contribution is 2.37. The number of para-hydroxylation sites is 2. The maximum Gasteiger partial charge on any atom is 0.254 e. The van der Waals surface area contributed by atoms with Crippen molar-refractivity contribution in [3.05, 3.63) is 108 Å². The number of aromatic nitrogens is 2. The predicted octanol–water partition coefficient (Wildman–Crippen LogP) is 7.53. The van der Waals surface area contributed by atoms with Crippen molar-refractivity contribution in [2.24, 2.45) is 0 Å². The van der Waals surface area contributed by atoms with Crippen LogP contribution in [-0.4, -0.2) is 85.2 Å². The number of fused-ring (bicyclic) bond motifs is 2. The van der Waals surface area contributed by atoms with Gasteiger partial charge in [0.1, 0.15) is 23.0 Å². The van der Waals surface area contributed by atoms with Gasteiger partial charge < -0.3 is 28.7 Å². The average molecular weight is 697 g/mol. The third-order valence-corrected chi connectivity index (χ3v) is 9.77. The summed E-state index contributed by atoms with van der Waals surface area (Å²) in [4.78, 5) is 42.7. The maximum atomic E-state index is 14.6. The van der Waals surface area contributed by atoms with Crippen LogP contribution in [0.2, 0.25) is 0 Å². The average Bonchev–Trinajstić information content (AvgIpc) is 3.19. The Labute approximate surface area is 302 Å². The summed E-state index contributed by atoms with van der Waals surface area (Å²) in [5, 5.41) is 1.51. The molecule has 264 valence electrons. The maximum absolute atomic E-state index is 14.6. The molecule has 1 saturated heterocycles. The summed E-state index contributed by atoms with van der Waals surface area (Å²) < 4.78 is 22.2. The van der Waals surface area contributed by atoms with E-state index in [0.29, 0.717) is 69.6 Å². The minimum atomic E-state index is -0.271. The lowest BCUT2D eigenvalue weighted by atomic mass is 9.99. The van der Waals surface area contributed by atoms with Crippen LogP contribution in [0.15, 0.2) is 97.1 Å². The highest BCUT2D eigenvalue weighted by molar-refractivity contribution is 6.09. The van der Waals surface area contributed by atoms with Crippen molar-refractivity contribution in [2.75, 3.05) is 41.5 Å². The summed E-state index contributed by atoms with van der Waals surface area (Å²) in [6.45, 7) is 4.68. The lowest BCUT2D eigenvalue weighted by Gasteiger charge is -2.44. The lowest BCUT2D eigenvalue weighted by molar-refractivity contribution is 0.0272. The molecule has 0 spiro atoms. The minimum Gasteiger partial charge on any atom is -0.497 e. The van der Waals surface area contributed by atoms with Gasteiger partial charge in [-0.15, -0.1) is 0 Å². The molecular formula is C42H40N4O6. The number of carbonyl (C=O) groups is 2. The molecule has 0 radical (unpaired) electrons. The monoisotopic (exact) mass is 696 g/mol. The van der Waals surface area contributed by atoms with Crippen LogP contribution in [-0.2, 0) is 0 Å². The summed E-state index contributed by atoms with van der Waals surface area (Å²) in [5.41, 5.74) is 5.20. The van der Waals surface area contributed by atoms with E-state index in [1.807, 2.05) is 109 Å². The molecule has 2 amide bonds. The van der Waals surface area contributed by atoms with Crippen molar-refractivity contribution >= 4 is 33.6 Å². The van der Waals surface area contributed by atoms with E-state index in [-0.39, 0.29) is 23.9 Å². The Morgan fingerprint density at radius 1 is 0.558 bits per heavy atom. The number of methoxy groups -OCH3 is 4. The van der Waals surface area contributed by atoms with Crippen molar-refractivity contribution in [1.29, 1.82) is 0 Å². The summed E-state index contributed by atoms with van der Waals surface area (Å²) in [7, 11) is 6.40. The summed E-state index contributed by atoms with van der Waals surface area (Å²) in [5.74, 6) is 2.25. The summed E-state index contributed by atoms with van der Waals surface area (Å²) in [6, 6.07) is 29.5. The Bertz CT molecular complexity index is 2160. The molecule has 2 atom stereocenters. The third-order valence-electron chi connectivity index (χ3n) is 9.77. The van der Waals surface area contributed by atoms with E-state index in [2.05, 4.69) is 0 Å². The van der Waals surface area contributed by atoms with Crippen molar-refractivity contribution in [1.82, 2.24) is 19.8 Å². The number of hydrogen-bond donors (Lipinski definition) is 0. The first kappa shape index (κ1) is 34.3. The minimum absolute atomic E-state index is 0.123. The van der Waals surface area contributed by atoms with Crippen LogP contribution in [0.1, 0.15) is 34.6 Å². The number of piperazine rings is 1. The molecule has 0 aliphatic carbocycles. The van der Waals surface area contributed by atoms with Gasteiger partial charge >= 0.3 is 0 Å². The van der Waals surface area contributed by atoms with Crippen molar-refractivity contribution in [3.8, 4) is 45.5 Å². The van der Waals surface area contributed by atoms with E-state index in [4.69, 9.17) is 28.9 Å². The van der Waals surface area contributed by atoms with Crippen LogP contribution < -0.4 is 18.9 Å². The molecule has 1 aliphatic rings. The van der Waals surface area contributed by atoms with Crippen LogP contribution >= 0.6 is 0 Å². The van der Waals surface area contributed by atoms with Gasteiger partial charge in [0, 0.05) is 59.2 Å². The van der Waals surface area contributed by atoms with Crippen molar-refractivity contribution < 1.29 is 28.5 Å². The van der Waals surface area contributed by atoms with Gasteiger partial charge in [-0.05, 0) is 62.4 Å². The standard InChI is InChI=1S/C42H40N4O6/c1-25-23-46(42(48)34-22-38(44-36-14-10-8-12-30(34)36)32-18-16-28(50-4)20-40(32)52-6)26(2)24-45(25)41(47)33-21-37(43-35-13-9-7-11-29(33)35)31-17-15-27(49-3)19-39(31)51-5/h7-22,25-26H,23-24H2,1-6H3. The number of ether oxygens (including phenoxy) is 4. The Morgan fingerprint density at radius 3 is 1.35 bits per heavy atom. The van der Waals surface area contributed by atoms with Gasteiger partial charge in [0.25, 0.3) is 11.8 Å². The quantitative estimate of drug-likeness (QED) is 0.161. The number of benzene rings is 4. The first-order valence-corrected chi connectivity index (χ1v) is 17.1. The highest BCUT2D eigenvalue weighted by Gasteiger charge is 2.36. The predicted molar refractivity (Wildman–Crippen MR) is 202 cm³/mol. The van der Waals surface area contributed by atoms with Gasteiger partial charge in [-0.3, -0.25) is 9.59 Å². The van der Waals surface area contributed by atoms with E-state index >= 15 is 0 Å². The molecule has 52 heavy (non-hydrogen) atoms. The van der Waals surface area contributed by atoms with Gasteiger partial charge in [0.05, 0.1) is 62.0 Å². The van der Waals surface area contributed by atoms with Crippen LogP contribution in [0.4, 0.5) is 0 Å². The number of carbonyl (C=O) groups excluding carboxylic acids is 2.